The third kappa shape index (κ3) is 3.72. The number of ether oxygens (including phenoxy) is 1. The van der Waals surface area contributed by atoms with Gasteiger partial charge >= 0.3 is 0 Å². The average Bonchev–Trinajstić information content (AvgIpc) is 3.27. The molecule has 5 N–H and O–H groups in total. The van der Waals surface area contributed by atoms with Crippen molar-refractivity contribution < 1.29 is 4.74 Å². The van der Waals surface area contributed by atoms with E-state index in [2.05, 4.69) is 20.4 Å². The van der Waals surface area contributed by atoms with Gasteiger partial charge in [-0.25, -0.2) is 4.98 Å². The molecule has 0 unspecified atom stereocenters. The van der Waals surface area contributed by atoms with Crippen molar-refractivity contribution in [2.24, 2.45) is 5.14 Å². The molecule has 0 aliphatic carbocycles. The van der Waals surface area contributed by atoms with E-state index in [1.54, 1.807) is 6.20 Å². The summed E-state index contributed by atoms with van der Waals surface area (Å²) in [6.07, 6.45) is 2.99. The number of pyridine rings is 1. The summed E-state index contributed by atoms with van der Waals surface area (Å²) >= 11 is 1.20. The van der Waals surface area contributed by atoms with Crippen LogP contribution in [0.3, 0.4) is 0 Å². The van der Waals surface area contributed by atoms with Crippen molar-refractivity contribution >= 4 is 35.6 Å². The van der Waals surface area contributed by atoms with Gasteiger partial charge in [0.1, 0.15) is 17.5 Å². The molecule has 0 atom stereocenters. The van der Waals surface area contributed by atoms with Gasteiger partial charge in [-0.3, -0.25) is 10.2 Å². The number of rotatable bonds is 6. The van der Waals surface area contributed by atoms with E-state index in [1.807, 2.05) is 36.4 Å². The molecule has 144 valence electrons. The second-order valence-corrected chi connectivity index (χ2v) is 6.92. The molecule has 3 aromatic rings. The third-order valence-electron chi connectivity index (χ3n) is 4.58. The van der Waals surface area contributed by atoms with Crippen LogP contribution in [0.25, 0.3) is 11.1 Å². The van der Waals surface area contributed by atoms with Crippen LogP contribution in [-0.4, -0.2) is 47.7 Å². The van der Waals surface area contributed by atoms with E-state index in [4.69, 9.17) is 20.3 Å². The first-order valence-corrected chi connectivity index (χ1v) is 9.79. The van der Waals surface area contributed by atoms with Crippen molar-refractivity contribution in [2.75, 3.05) is 36.5 Å². The number of hydrogen-bond acceptors (Lipinski definition) is 8. The van der Waals surface area contributed by atoms with Crippen LogP contribution in [0.15, 0.2) is 47.5 Å². The quantitative estimate of drug-likeness (QED) is 0.374. The molecular weight excluding hydrogens is 374 g/mol. The Hall–Kier alpha value is -2.88. The van der Waals surface area contributed by atoms with Crippen LogP contribution < -0.4 is 15.4 Å². The molecule has 1 saturated heterocycles. The maximum absolute atomic E-state index is 8.04. The van der Waals surface area contributed by atoms with Gasteiger partial charge in [0.25, 0.3) is 0 Å². The zero-order valence-corrected chi connectivity index (χ0v) is 16.0. The van der Waals surface area contributed by atoms with Crippen LogP contribution in [0.5, 0.6) is 0 Å². The lowest BCUT2D eigenvalue weighted by Gasteiger charge is -2.29. The van der Waals surface area contributed by atoms with Crippen molar-refractivity contribution in [3.05, 3.63) is 48.2 Å². The number of benzene rings is 1. The van der Waals surface area contributed by atoms with Gasteiger partial charge in [0.2, 0.25) is 0 Å². The average molecular weight is 395 g/mol. The van der Waals surface area contributed by atoms with Gasteiger partial charge in [0.05, 0.1) is 19.4 Å². The molecule has 1 aliphatic heterocycles. The Labute approximate surface area is 167 Å². The first-order valence-electron chi connectivity index (χ1n) is 8.91. The number of aromatic nitrogens is 3. The first-order chi connectivity index (χ1) is 13.8. The number of H-pyrrole nitrogens is 1. The van der Waals surface area contributed by atoms with E-state index in [1.165, 1.54) is 18.2 Å². The third-order valence-corrected chi connectivity index (χ3v) is 5.19. The largest absolute Gasteiger partial charge is 0.378 e. The molecule has 0 saturated carbocycles. The molecule has 0 bridgehead atoms. The Morgan fingerprint density at radius 2 is 2.04 bits per heavy atom. The number of morpholine rings is 1. The van der Waals surface area contributed by atoms with E-state index in [9.17, 15) is 0 Å². The predicted molar refractivity (Wildman–Crippen MR) is 113 cm³/mol. The minimum absolute atomic E-state index is 0.593. The zero-order valence-electron chi connectivity index (χ0n) is 15.2. The van der Waals surface area contributed by atoms with E-state index in [-0.39, 0.29) is 0 Å². The van der Waals surface area contributed by atoms with Gasteiger partial charge in [-0.15, -0.1) is 0 Å². The highest BCUT2D eigenvalue weighted by Crippen LogP contribution is 2.36. The molecule has 3 heterocycles. The molecule has 2 aromatic heterocycles. The van der Waals surface area contributed by atoms with Crippen LogP contribution >= 0.6 is 11.9 Å². The summed E-state index contributed by atoms with van der Waals surface area (Å²) in [5.41, 5.74) is 2.56. The number of nitrogens with zero attached hydrogens (tertiary/aromatic N) is 3. The Morgan fingerprint density at radius 3 is 2.75 bits per heavy atom. The molecule has 4 rings (SSSR count). The van der Waals surface area contributed by atoms with Crippen LogP contribution in [-0.2, 0) is 4.74 Å². The monoisotopic (exact) mass is 395 g/mol. The minimum Gasteiger partial charge on any atom is -0.378 e. The molecular formula is C19H21N7OS. The van der Waals surface area contributed by atoms with E-state index < -0.39 is 0 Å². The molecule has 9 heteroatoms. The number of hydrogen-bond donors (Lipinski definition) is 4. The SMILES string of the molecule is N=Cc1c(-c2ccccc2SN)cc(N2CCOCC2)nc1Nc1ccn[nH]1. The van der Waals surface area contributed by atoms with E-state index in [0.29, 0.717) is 30.4 Å². The van der Waals surface area contributed by atoms with Gasteiger partial charge in [0.15, 0.2) is 0 Å². The second kappa shape index (κ2) is 8.42. The van der Waals surface area contributed by atoms with Gasteiger partial charge < -0.3 is 20.4 Å². The topological polar surface area (TPSA) is 116 Å². The molecule has 0 spiro atoms. The molecule has 1 aromatic carbocycles. The smallest absolute Gasteiger partial charge is 0.143 e. The Kier molecular flexibility index (Phi) is 5.56. The van der Waals surface area contributed by atoms with Crippen LogP contribution in [0.4, 0.5) is 17.5 Å². The number of anilines is 3. The lowest BCUT2D eigenvalue weighted by molar-refractivity contribution is 0.122. The standard InChI is InChI=1S/C19H21N7OS/c20-12-15-14(13-3-1-2-4-16(13)28-21)11-18(26-7-9-27-10-8-26)24-19(15)23-17-5-6-22-25-17/h1-6,11-12,20H,7-10,21H2,(H2,22,23,24,25). The maximum Gasteiger partial charge on any atom is 0.143 e. The molecule has 8 nitrogen and oxygen atoms in total. The minimum atomic E-state index is 0.593. The fourth-order valence-corrected chi connectivity index (χ4v) is 3.67. The van der Waals surface area contributed by atoms with Gasteiger partial charge in [-0.1, -0.05) is 18.2 Å². The number of aromatic amines is 1. The van der Waals surface area contributed by atoms with Crippen molar-refractivity contribution in [3.8, 4) is 11.1 Å². The van der Waals surface area contributed by atoms with Crippen LogP contribution in [0, 0.1) is 5.41 Å². The highest BCUT2D eigenvalue weighted by Gasteiger charge is 2.20. The van der Waals surface area contributed by atoms with Gasteiger partial charge in [0, 0.05) is 35.8 Å². The Balaban J connectivity index is 1.88. The zero-order chi connectivity index (χ0) is 19.3. The summed E-state index contributed by atoms with van der Waals surface area (Å²) in [5, 5.41) is 24.1. The highest BCUT2D eigenvalue weighted by molar-refractivity contribution is 7.97. The fraction of sp³-hybridized carbons (Fsp3) is 0.211. The Bertz CT molecular complexity index is 955. The lowest BCUT2D eigenvalue weighted by Crippen LogP contribution is -2.36. The van der Waals surface area contributed by atoms with Crippen molar-refractivity contribution in [1.82, 2.24) is 15.2 Å². The molecule has 0 radical (unpaired) electrons. The fourth-order valence-electron chi connectivity index (χ4n) is 3.21. The first kappa shape index (κ1) is 18.5. The molecule has 1 fully saturated rings. The highest BCUT2D eigenvalue weighted by atomic mass is 32.2. The molecule has 0 amide bonds. The van der Waals surface area contributed by atoms with Crippen LogP contribution in [0.1, 0.15) is 5.56 Å². The van der Waals surface area contributed by atoms with Crippen molar-refractivity contribution in [1.29, 1.82) is 5.41 Å². The van der Waals surface area contributed by atoms with Gasteiger partial charge in [-0.2, -0.15) is 5.10 Å². The predicted octanol–water partition coefficient (Wildman–Crippen LogP) is 3.02. The summed E-state index contributed by atoms with van der Waals surface area (Å²) in [7, 11) is 0. The molecule has 1 aliphatic rings. The van der Waals surface area contributed by atoms with Crippen molar-refractivity contribution in [3.63, 3.8) is 0 Å². The second-order valence-electron chi connectivity index (χ2n) is 6.24. The summed E-state index contributed by atoms with van der Waals surface area (Å²) in [6.45, 7) is 2.88. The summed E-state index contributed by atoms with van der Waals surface area (Å²) in [5.74, 6) is 2.14. The summed E-state index contributed by atoms with van der Waals surface area (Å²) in [6, 6.07) is 11.8. The Morgan fingerprint density at radius 1 is 1.21 bits per heavy atom. The lowest BCUT2D eigenvalue weighted by atomic mass is 10.0. The van der Waals surface area contributed by atoms with Crippen molar-refractivity contribution in [2.45, 2.75) is 4.90 Å². The maximum atomic E-state index is 8.04. The number of nitrogens with one attached hydrogen (secondary N) is 3. The molecule has 28 heavy (non-hydrogen) atoms. The normalized spacial score (nSPS) is 14.1. The van der Waals surface area contributed by atoms with E-state index in [0.717, 1.165) is 34.9 Å². The summed E-state index contributed by atoms with van der Waals surface area (Å²) in [4.78, 5) is 7.94. The summed E-state index contributed by atoms with van der Waals surface area (Å²) < 4.78 is 5.48. The van der Waals surface area contributed by atoms with Gasteiger partial charge in [-0.05, 0) is 35.2 Å². The van der Waals surface area contributed by atoms with E-state index >= 15 is 0 Å². The van der Waals surface area contributed by atoms with Crippen LogP contribution in [0.2, 0.25) is 0 Å². The number of nitrogens with two attached hydrogens (primary N) is 1.